The van der Waals surface area contributed by atoms with E-state index in [1.807, 2.05) is 12.1 Å². The number of benzene rings is 1. The Labute approximate surface area is 159 Å². The number of nitrogens with zero attached hydrogens (tertiary/aromatic N) is 3. The van der Waals surface area contributed by atoms with E-state index in [4.69, 9.17) is 4.74 Å². The van der Waals surface area contributed by atoms with Gasteiger partial charge in [-0.2, -0.15) is 18.3 Å². The monoisotopic (exact) mass is 389 g/mol. The summed E-state index contributed by atoms with van der Waals surface area (Å²) >= 11 is 0. The normalized spacial score (nSPS) is 11.4. The lowest BCUT2D eigenvalue weighted by Crippen LogP contribution is -2.10. The molecule has 0 saturated heterocycles. The van der Waals surface area contributed by atoms with Gasteiger partial charge in [-0.15, -0.1) is 0 Å². The lowest BCUT2D eigenvalue weighted by Gasteiger charge is -2.10. The Hall–Kier alpha value is -3.16. The summed E-state index contributed by atoms with van der Waals surface area (Å²) in [5.41, 5.74) is 1.13. The van der Waals surface area contributed by atoms with Gasteiger partial charge in [-0.25, -0.2) is 9.48 Å². The van der Waals surface area contributed by atoms with Gasteiger partial charge in [-0.05, 0) is 49.6 Å². The van der Waals surface area contributed by atoms with Crippen molar-refractivity contribution >= 4 is 5.97 Å². The molecule has 0 atom stereocenters. The number of aryl methyl sites for hydroxylation is 1. The van der Waals surface area contributed by atoms with E-state index in [9.17, 15) is 18.0 Å². The van der Waals surface area contributed by atoms with Crippen LogP contribution >= 0.6 is 0 Å². The number of esters is 1. The number of carbonyl (C=O) groups excluding carboxylic acids is 1. The summed E-state index contributed by atoms with van der Waals surface area (Å²) < 4.78 is 45.3. The van der Waals surface area contributed by atoms with Crippen molar-refractivity contribution in [2.75, 3.05) is 6.61 Å². The molecule has 146 valence electrons. The summed E-state index contributed by atoms with van der Waals surface area (Å²) in [4.78, 5) is 16.3. The lowest BCUT2D eigenvalue weighted by molar-refractivity contribution is -0.137. The summed E-state index contributed by atoms with van der Waals surface area (Å²) in [6, 6.07) is 8.56. The highest BCUT2D eigenvalue weighted by atomic mass is 19.4. The Morgan fingerprint density at radius 2 is 2.00 bits per heavy atom. The highest BCUT2D eigenvalue weighted by Crippen LogP contribution is 2.30. The summed E-state index contributed by atoms with van der Waals surface area (Å²) in [5.74, 6) is -0.554. The van der Waals surface area contributed by atoms with E-state index in [0.29, 0.717) is 12.1 Å². The standard InChI is InChI=1S/C20H18F3N3O2/c1-14-18(19(27)28-10-4-6-15-5-3-9-24-12-15)13-25-26(14)17-8-2-7-16(11-17)20(21,22)23/h2-3,5,7-9,11-13H,4,6,10H2,1H3. The molecule has 0 unspecified atom stereocenters. The molecule has 0 aliphatic carbocycles. The van der Waals surface area contributed by atoms with Crippen molar-refractivity contribution in [2.45, 2.75) is 25.9 Å². The second kappa shape index (κ2) is 8.24. The average molecular weight is 389 g/mol. The molecule has 0 spiro atoms. The predicted octanol–water partition coefficient (Wildman–Crippen LogP) is 4.38. The van der Waals surface area contributed by atoms with Gasteiger partial charge in [-0.3, -0.25) is 4.98 Å². The van der Waals surface area contributed by atoms with Gasteiger partial charge in [0.2, 0.25) is 0 Å². The van der Waals surface area contributed by atoms with Crippen LogP contribution in [0.15, 0.2) is 55.0 Å². The minimum Gasteiger partial charge on any atom is -0.462 e. The Kier molecular flexibility index (Phi) is 5.77. The molecule has 0 saturated carbocycles. The molecule has 0 amide bonds. The van der Waals surface area contributed by atoms with Crippen molar-refractivity contribution in [1.82, 2.24) is 14.8 Å². The fourth-order valence-electron chi connectivity index (χ4n) is 2.75. The molecular weight excluding hydrogens is 371 g/mol. The smallest absolute Gasteiger partial charge is 0.416 e. The van der Waals surface area contributed by atoms with Crippen molar-refractivity contribution in [2.24, 2.45) is 0 Å². The zero-order valence-electron chi connectivity index (χ0n) is 15.1. The van der Waals surface area contributed by atoms with E-state index in [-0.39, 0.29) is 17.9 Å². The largest absolute Gasteiger partial charge is 0.462 e. The van der Waals surface area contributed by atoms with E-state index < -0.39 is 17.7 Å². The van der Waals surface area contributed by atoms with Crippen LogP contribution in [0.1, 0.15) is 33.6 Å². The molecule has 3 aromatic rings. The lowest BCUT2D eigenvalue weighted by atomic mass is 10.2. The Morgan fingerprint density at radius 3 is 2.71 bits per heavy atom. The van der Waals surface area contributed by atoms with Crippen LogP contribution in [-0.4, -0.2) is 27.3 Å². The summed E-state index contributed by atoms with van der Waals surface area (Å²) in [6.45, 7) is 1.83. The number of halogens is 3. The first-order chi connectivity index (χ1) is 13.4. The van der Waals surface area contributed by atoms with E-state index in [1.165, 1.54) is 23.0 Å². The third-order valence-electron chi connectivity index (χ3n) is 4.21. The number of hydrogen-bond acceptors (Lipinski definition) is 4. The van der Waals surface area contributed by atoms with Gasteiger partial charge in [-0.1, -0.05) is 12.1 Å². The first-order valence-electron chi connectivity index (χ1n) is 8.64. The summed E-state index contributed by atoms with van der Waals surface area (Å²) in [7, 11) is 0. The van der Waals surface area contributed by atoms with Crippen LogP contribution in [0, 0.1) is 6.92 Å². The molecule has 5 nitrogen and oxygen atoms in total. The molecule has 0 radical (unpaired) electrons. The maximum Gasteiger partial charge on any atom is 0.416 e. The first kappa shape index (κ1) is 19.6. The maximum atomic E-state index is 12.9. The molecule has 0 aliphatic heterocycles. The molecule has 0 bridgehead atoms. The number of aromatic nitrogens is 3. The number of ether oxygens (including phenoxy) is 1. The van der Waals surface area contributed by atoms with Crippen LogP contribution in [0.4, 0.5) is 13.2 Å². The van der Waals surface area contributed by atoms with Crippen molar-refractivity contribution in [3.8, 4) is 5.69 Å². The fourth-order valence-corrected chi connectivity index (χ4v) is 2.75. The second-order valence-electron chi connectivity index (χ2n) is 6.20. The van der Waals surface area contributed by atoms with Crippen LogP contribution in [0.2, 0.25) is 0 Å². The Morgan fingerprint density at radius 1 is 1.18 bits per heavy atom. The maximum absolute atomic E-state index is 12.9. The number of alkyl halides is 3. The SMILES string of the molecule is Cc1c(C(=O)OCCCc2cccnc2)cnn1-c1cccc(C(F)(F)F)c1. The number of rotatable bonds is 6. The third-order valence-corrected chi connectivity index (χ3v) is 4.21. The minimum absolute atomic E-state index is 0.221. The van der Waals surface area contributed by atoms with E-state index in [2.05, 4.69) is 10.1 Å². The molecule has 0 fully saturated rings. The van der Waals surface area contributed by atoms with Crippen LogP contribution in [-0.2, 0) is 17.3 Å². The van der Waals surface area contributed by atoms with Gasteiger partial charge in [0.05, 0.1) is 29.7 Å². The molecular formula is C20H18F3N3O2. The number of pyridine rings is 1. The molecule has 2 aromatic heterocycles. The van der Waals surface area contributed by atoms with E-state index >= 15 is 0 Å². The summed E-state index contributed by atoms with van der Waals surface area (Å²) in [6.07, 6.45) is 1.66. The highest BCUT2D eigenvalue weighted by Gasteiger charge is 2.30. The Bertz CT molecular complexity index is 953. The molecule has 2 heterocycles. The van der Waals surface area contributed by atoms with Crippen molar-refractivity contribution in [1.29, 1.82) is 0 Å². The van der Waals surface area contributed by atoms with Crippen molar-refractivity contribution in [3.63, 3.8) is 0 Å². The summed E-state index contributed by atoms with van der Waals surface area (Å²) in [5, 5.41) is 4.05. The zero-order valence-corrected chi connectivity index (χ0v) is 15.1. The predicted molar refractivity (Wildman–Crippen MR) is 96.1 cm³/mol. The molecule has 28 heavy (non-hydrogen) atoms. The van der Waals surface area contributed by atoms with Gasteiger partial charge < -0.3 is 4.74 Å². The van der Waals surface area contributed by atoms with Gasteiger partial charge in [0.1, 0.15) is 5.56 Å². The van der Waals surface area contributed by atoms with Crippen molar-refractivity contribution in [3.05, 3.63) is 77.4 Å². The number of hydrogen-bond donors (Lipinski definition) is 0. The van der Waals surface area contributed by atoms with E-state index in [0.717, 1.165) is 24.1 Å². The minimum atomic E-state index is -4.45. The van der Waals surface area contributed by atoms with Crippen LogP contribution in [0.3, 0.4) is 0 Å². The van der Waals surface area contributed by atoms with Gasteiger partial charge in [0.15, 0.2) is 0 Å². The Balaban J connectivity index is 1.65. The zero-order chi connectivity index (χ0) is 20.1. The highest BCUT2D eigenvalue weighted by molar-refractivity contribution is 5.90. The molecule has 8 heteroatoms. The topological polar surface area (TPSA) is 57.0 Å². The quantitative estimate of drug-likeness (QED) is 0.464. The van der Waals surface area contributed by atoms with Gasteiger partial charge in [0.25, 0.3) is 0 Å². The van der Waals surface area contributed by atoms with Gasteiger partial charge >= 0.3 is 12.1 Å². The average Bonchev–Trinajstić information content (AvgIpc) is 3.07. The molecule has 0 N–H and O–H groups in total. The first-order valence-corrected chi connectivity index (χ1v) is 8.64. The van der Waals surface area contributed by atoms with E-state index in [1.54, 1.807) is 19.3 Å². The van der Waals surface area contributed by atoms with Crippen LogP contribution in [0.25, 0.3) is 5.69 Å². The molecule has 1 aromatic carbocycles. The molecule has 0 aliphatic rings. The second-order valence-corrected chi connectivity index (χ2v) is 6.20. The molecule has 3 rings (SSSR count). The van der Waals surface area contributed by atoms with Gasteiger partial charge in [0, 0.05) is 12.4 Å². The van der Waals surface area contributed by atoms with Crippen molar-refractivity contribution < 1.29 is 22.7 Å². The third kappa shape index (κ3) is 4.57. The number of carbonyl (C=O) groups is 1. The van der Waals surface area contributed by atoms with Crippen LogP contribution in [0.5, 0.6) is 0 Å². The van der Waals surface area contributed by atoms with Crippen LogP contribution < -0.4 is 0 Å². The fraction of sp³-hybridized carbons (Fsp3) is 0.250.